The summed E-state index contributed by atoms with van der Waals surface area (Å²) in [6.07, 6.45) is 3.47. The lowest BCUT2D eigenvalue weighted by Gasteiger charge is -2.35. The molecule has 1 atom stereocenters. The zero-order valence-corrected chi connectivity index (χ0v) is 9.40. The fourth-order valence-corrected chi connectivity index (χ4v) is 2.28. The summed E-state index contributed by atoms with van der Waals surface area (Å²) in [4.78, 5) is 0. The van der Waals surface area contributed by atoms with Crippen molar-refractivity contribution >= 4 is 0 Å². The monoisotopic (exact) mass is 220 g/mol. The minimum atomic E-state index is -0.355. The second-order valence-corrected chi connectivity index (χ2v) is 4.80. The van der Waals surface area contributed by atoms with Crippen LogP contribution in [0.2, 0.25) is 0 Å². The minimum absolute atomic E-state index is 0.321. The summed E-state index contributed by atoms with van der Waals surface area (Å²) >= 11 is 0. The van der Waals surface area contributed by atoms with Gasteiger partial charge in [0.1, 0.15) is 0 Å². The first kappa shape index (κ1) is 9.97. The van der Waals surface area contributed by atoms with E-state index in [0.29, 0.717) is 6.42 Å². The van der Waals surface area contributed by atoms with E-state index in [1.165, 1.54) is 6.42 Å². The van der Waals surface area contributed by atoms with Gasteiger partial charge in [-0.2, -0.15) is 0 Å². The second kappa shape index (κ2) is 3.39. The molecule has 1 unspecified atom stereocenters. The third kappa shape index (κ3) is 1.55. The topological polar surface area (TPSA) is 38.7 Å². The molecule has 1 aliphatic heterocycles. The molecular formula is C13H16O3. The van der Waals surface area contributed by atoms with E-state index in [0.717, 1.165) is 29.9 Å². The van der Waals surface area contributed by atoms with Crippen LogP contribution in [-0.2, 0) is 6.42 Å². The number of aliphatic hydroxyl groups excluding tert-OH is 1. The predicted molar refractivity (Wildman–Crippen MR) is 59.7 cm³/mol. The number of aliphatic hydroxyl groups is 1. The van der Waals surface area contributed by atoms with Gasteiger partial charge in [-0.05, 0) is 37.5 Å². The maximum atomic E-state index is 9.34. The van der Waals surface area contributed by atoms with Gasteiger partial charge in [0.05, 0.1) is 6.10 Å². The van der Waals surface area contributed by atoms with Crippen LogP contribution in [0.25, 0.3) is 0 Å². The van der Waals surface area contributed by atoms with E-state index in [4.69, 9.17) is 9.47 Å². The summed E-state index contributed by atoms with van der Waals surface area (Å²) in [6.45, 7) is 1.79. The smallest absolute Gasteiger partial charge is 0.251 e. The minimum Gasteiger partial charge on any atom is -0.448 e. The van der Waals surface area contributed by atoms with Gasteiger partial charge in [-0.1, -0.05) is 6.07 Å². The van der Waals surface area contributed by atoms with Gasteiger partial charge in [0.25, 0.3) is 5.79 Å². The van der Waals surface area contributed by atoms with E-state index < -0.39 is 0 Å². The average Bonchev–Trinajstić information content (AvgIpc) is 2.54. The molecule has 3 heteroatoms. The lowest BCUT2D eigenvalue weighted by atomic mass is 9.91. The molecular weight excluding hydrogens is 204 g/mol. The van der Waals surface area contributed by atoms with Gasteiger partial charge in [-0.15, -0.1) is 0 Å². The van der Waals surface area contributed by atoms with Crippen LogP contribution >= 0.6 is 0 Å². The highest BCUT2D eigenvalue weighted by molar-refractivity contribution is 5.46. The molecule has 1 saturated carbocycles. The van der Waals surface area contributed by atoms with E-state index in [-0.39, 0.29) is 11.9 Å². The van der Waals surface area contributed by atoms with Crippen LogP contribution < -0.4 is 9.47 Å². The predicted octanol–water partition coefficient (Wildman–Crippen LogP) is 2.26. The normalized spacial score (nSPS) is 21.9. The van der Waals surface area contributed by atoms with Crippen molar-refractivity contribution in [3.05, 3.63) is 23.8 Å². The fourth-order valence-electron chi connectivity index (χ4n) is 2.28. The summed E-state index contributed by atoms with van der Waals surface area (Å²) in [6, 6.07) is 5.92. The van der Waals surface area contributed by atoms with Gasteiger partial charge in [0.15, 0.2) is 11.5 Å². The third-order valence-corrected chi connectivity index (χ3v) is 3.25. The highest BCUT2D eigenvalue weighted by atomic mass is 16.7. The first-order valence-electron chi connectivity index (χ1n) is 5.86. The van der Waals surface area contributed by atoms with Crippen LogP contribution in [0, 0.1) is 0 Å². The summed E-state index contributed by atoms with van der Waals surface area (Å²) < 4.78 is 11.7. The molecule has 1 N–H and O–H groups in total. The van der Waals surface area contributed by atoms with E-state index >= 15 is 0 Å². The molecule has 0 aromatic heterocycles. The molecule has 86 valence electrons. The van der Waals surface area contributed by atoms with E-state index in [2.05, 4.69) is 0 Å². The first-order chi connectivity index (χ1) is 7.67. The Labute approximate surface area is 95.0 Å². The van der Waals surface area contributed by atoms with Crippen molar-refractivity contribution in [2.24, 2.45) is 0 Å². The quantitative estimate of drug-likeness (QED) is 0.830. The zero-order valence-electron chi connectivity index (χ0n) is 9.40. The summed E-state index contributed by atoms with van der Waals surface area (Å²) in [7, 11) is 0. The molecule has 1 aliphatic carbocycles. The number of hydrogen-bond acceptors (Lipinski definition) is 3. The summed E-state index contributed by atoms with van der Waals surface area (Å²) in [5.74, 6) is 1.32. The van der Waals surface area contributed by atoms with E-state index in [1.54, 1.807) is 6.92 Å². The zero-order chi connectivity index (χ0) is 11.2. The molecule has 0 bridgehead atoms. The first-order valence-corrected chi connectivity index (χ1v) is 5.86. The van der Waals surface area contributed by atoms with Crippen LogP contribution in [-0.4, -0.2) is 17.0 Å². The lowest BCUT2D eigenvalue weighted by Crippen LogP contribution is -2.45. The van der Waals surface area contributed by atoms with Gasteiger partial charge in [-0.3, -0.25) is 0 Å². The van der Waals surface area contributed by atoms with Crippen LogP contribution in [0.1, 0.15) is 31.7 Å². The highest BCUT2D eigenvalue weighted by Crippen LogP contribution is 2.48. The molecule has 1 aromatic carbocycles. The van der Waals surface area contributed by atoms with Crippen molar-refractivity contribution in [1.29, 1.82) is 0 Å². The largest absolute Gasteiger partial charge is 0.448 e. The Morgan fingerprint density at radius 2 is 2.06 bits per heavy atom. The van der Waals surface area contributed by atoms with Gasteiger partial charge < -0.3 is 14.6 Å². The molecule has 3 nitrogen and oxygen atoms in total. The molecule has 2 aliphatic rings. The Hall–Kier alpha value is -1.22. The third-order valence-electron chi connectivity index (χ3n) is 3.25. The standard InChI is InChI=1S/C13H16O3/c1-9(14)7-10-3-4-11-12(8-10)16-13(15-11)5-2-6-13/h3-4,8-9,14H,2,5-7H2,1H3. The number of fused-ring (bicyclic) bond motifs is 1. The number of benzene rings is 1. The molecule has 3 rings (SSSR count). The Kier molecular flexibility index (Phi) is 2.11. The molecule has 1 heterocycles. The van der Waals surface area contributed by atoms with Gasteiger partial charge in [0.2, 0.25) is 0 Å². The van der Waals surface area contributed by atoms with E-state index in [1.807, 2.05) is 18.2 Å². The molecule has 0 saturated heterocycles. The van der Waals surface area contributed by atoms with Crippen molar-refractivity contribution in [2.45, 2.75) is 44.5 Å². The van der Waals surface area contributed by atoms with Crippen LogP contribution in [0.5, 0.6) is 11.5 Å². The Morgan fingerprint density at radius 1 is 1.31 bits per heavy atom. The average molecular weight is 220 g/mol. The molecule has 16 heavy (non-hydrogen) atoms. The second-order valence-electron chi connectivity index (χ2n) is 4.80. The summed E-state index contributed by atoms with van der Waals surface area (Å²) in [5, 5.41) is 9.34. The van der Waals surface area contributed by atoms with Crippen molar-refractivity contribution in [3.63, 3.8) is 0 Å². The van der Waals surface area contributed by atoms with Crippen LogP contribution in [0.15, 0.2) is 18.2 Å². The molecule has 1 spiro atoms. The van der Waals surface area contributed by atoms with Crippen LogP contribution in [0.3, 0.4) is 0 Å². The maximum Gasteiger partial charge on any atom is 0.251 e. The van der Waals surface area contributed by atoms with E-state index in [9.17, 15) is 5.11 Å². The molecule has 1 fully saturated rings. The number of hydrogen-bond donors (Lipinski definition) is 1. The molecule has 0 amide bonds. The molecule has 1 aromatic rings. The van der Waals surface area contributed by atoms with Gasteiger partial charge in [-0.25, -0.2) is 0 Å². The van der Waals surface area contributed by atoms with Crippen LogP contribution in [0.4, 0.5) is 0 Å². The number of ether oxygens (including phenoxy) is 2. The molecule has 0 radical (unpaired) electrons. The fraction of sp³-hybridized carbons (Fsp3) is 0.538. The Morgan fingerprint density at radius 3 is 2.69 bits per heavy atom. The van der Waals surface area contributed by atoms with Crippen molar-refractivity contribution < 1.29 is 14.6 Å². The lowest BCUT2D eigenvalue weighted by molar-refractivity contribution is -0.138. The van der Waals surface area contributed by atoms with Gasteiger partial charge in [0, 0.05) is 12.8 Å². The maximum absolute atomic E-state index is 9.34. The highest BCUT2D eigenvalue weighted by Gasteiger charge is 2.47. The number of rotatable bonds is 2. The van der Waals surface area contributed by atoms with Gasteiger partial charge >= 0.3 is 0 Å². The van der Waals surface area contributed by atoms with Crippen molar-refractivity contribution in [3.8, 4) is 11.5 Å². The SMILES string of the molecule is CC(O)Cc1ccc2c(c1)OC1(CCC1)O2. The summed E-state index contributed by atoms with van der Waals surface area (Å²) in [5.41, 5.74) is 1.09. The Bertz CT molecular complexity index is 408. The van der Waals surface area contributed by atoms with Crippen molar-refractivity contribution in [1.82, 2.24) is 0 Å². The Balaban J connectivity index is 1.83. The van der Waals surface area contributed by atoms with Crippen molar-refractivity contribution in [2.75, 3.05) is 0 Å².